The van der Waals surface area contributed by atoms with Crippen molar-refractivity contribution in [1.29, 1.82) is 0 Å². The summed E-state index contributed by atoms with van der Waals surface area (Å²) in [7, 11) is 0. The third-order valence-electron chi connectivity index (χ3n) is 3.50. The Hall–Kier alpha value is -1.31. The van der Waals surface area contributed by atoms with E-state index in [0.717, 1.165) is 37.8 Å². The van der Waals surface area contributed by atoms with Crippen LogP contribution in [0, 0.1) is 5.92 Å². The second kappa shape index (κ2) is 5.35. The molecular weight excluding hydrogens is 210 g/mol. The van der Waals surface area contributed by atoms with E-state index in [9.17, 15) is 4.79 Å². The van der Waals surface area contributed by atoms with E-state index in [1.54, 1.807) is 0 Å². The maximum atomic E-state index is 12.2. The molecule has 2 rings (SSSR count). The van der Waals surface area contributed by atoms with Crippen molar-refractivity contribution in [3.63, 3.8) is 0 Å². The van der Waals surface area contributed by atoms with Crippen molar-refractivity contribution >= 4 is 11.5 Å². The Morgan fingerprint density at radius 2 is 2.29 bits per heavy atom. The highest BCUT2D eigenvalue weighted by molar-refractivity contribution is 5.98. The molecule has 92 valence electrons. The molecule has 0 spiro atoms. The molecule has 1 heterocycles. The molecule has 0 saturated heterocycles. The van der Waals surface area contributed by atoms with Gasteiger partial charge in [0, 0.05) is 23.7 Å². The van der Waals surface area contributed by atoms with Crippen LogP contribution in [-0.4, -0.2) is 12.3 Å². The molecule has 1 N–H and O–H groups in total. The molecule has 2 nitrogen and oxygen atoms in total. The zero-order valence-corrected chi connectivity index (χ0v) is 10.8. The number of ketones is 1. The van der Waals surface area contributed by atoms with Crippen LogP contribution in [0.4, 0.5) is 5.69 Å². The molecule has 17 heavy (non-hydrogen) atoms. The van der Waals surface area contributed by atoms with E-state index in [0.29, 0.717) is 5.78 Å². The van der Waals surface area contributed by atoms with Crippen molar-refractivity contribution in [1.82, 2.24) is 0 Å². The van der Waals surface area contributed by atoms with Crippen LogP contribution in [0.15, 0.2) is 18.2 Å². The average molecular weight is 231 g/mol. The zero-order valence-electron chi connectivity index (χ0n) is 10.8. The topological polar surface area (TPSA) is 29.1 Å². The molecule has 1 unspecified atom stereocenters. The molecule has 1 aliphatic rings. The van der Waals surface area contributed by atoms with Crippen LogP contribution in [0.1, 0.15) is 49.0 Å². The van der Waals surface area contributed by atoms with E-state index in [1.807, 2.05) is 13.0 Å². The van der Waals surface area contributed by atoms with Crippen molar-refractivity contribution in [2.75, 3.05) is 11.9 Å². The highest BCUT2D eigenvalue weighted by Gasteiger charge is 2.16. The number of benzene rings is 1. The van der Waals surface area contributed by atoms with Gasteiger partial charge in [-0.15, -0.1) is 0 Å². The first kappa shape index (κ1) is 12.2. The summed E-state index contributed by atoms with van der Waals surface area (Å²) in [5.74, 6) is 0.440. The summed E-state index contributed by atoms with van der Waals surface area (Å²) in [6.07, 6.45) is 4.30. The normalized spacial score (nSPS) is 15.9. The molecule has 1 atom stereocenters. The summed E-state index contributed by atoms with van der Waals surface area (Å²) in [5, 5.41) is 3.37. The number of aryl methyl sites for hydroxylation is 1. The number of carbonyl (C=O) groups excluding carboxylic acids is 1. The second-order valence-corrected chi connectivity index (χ2v) is 4.96. The van der Waals surface area contributed by atoms with Crippen LogP contribution in [0.2, 0.25) is 0 Å². The standard InChI is InChI=1S/C15H21NO/c1-3-5-11(2)15(17)13-7-8-14-12(10-13)6-4-9-16-14/h7-8,10-11,16H,3-6,9H2,1-2H3. The Morgan fingerprint density at radius 3 is 3.06 bits per heavy atom. The van der Waals surface area contributed by atoms with Crippen LogP contribution < -0.4 is 5.32 Å². The maximum absolute atomic E-state index is 12.2. The van der Waals surface area contributed by atoms with Crippen molar-refractivity contribution in [3.05, 3.63) is 29.3 Å². The van der Waals surface area contributed by atoms with Gasteiger partial charge in [0.2, 0.25) is 0 Å². The molecule has 0 aliphatic carbocycles. The number of fused-ring (bicyclic) bond motifs is 1. The van der Waals surface area contributed by atoms with E-state index in [4.69, 9.17) is 0 Å². The van der Waals surface area contributed by atoms with E-state index < -0.39 is 0 Å². The van der Waals surface area contributed by atoms with Crippen LogP contribution in [0.5, 0.6) is 0 Å². The molecule has 0 aromatic heterocycles. The Morgan fingerprint density at radius 1 is 1.47 bits per heavy atom. The van der Waals surface area contributed by atoms with Gasteiger partial charge in [-0.25, -0.2) is 0 Å². The van der Waals surface area contributed by atoms with Crippen molar-refractivity contribution in [3.8, 4) is 0 Å². The van der Waals surface area contributed by atoms with Gasteiger partial charge in [0.25, 0.3) is 0 Å². The fourth-order valence-electron chi connectivity index (χ4n) is 2.48. The monoisotopic (exact) mass is 231 g/mol. The molecule has 0 radical (unpaired) electrons. The maximum Gasteiger partial charge on any atom is 0.165 e. The lowest BCUT2D eigenvalue weighted by Crippen LogP contribution is -2.15. The van der Waals surface area contributed by atoms with E-state index in [1.165, 1.54) is 11.3 Å². The molecule has 0 saturated carbocycles. The number of rotatable bonds is 4. The van der Waals surface area contributed by atoms with Crippen molar-refractivity contribution < 1.29 is 4.79 Å². The van der Waals surface area contributed by atoms with E-state index in [2.05, 4.69) is 24.4 Å². The Kier molecular flexibility index (Phi) is 3.82. The number of nitrogens with one attached hydrogen (secondary N) is 1. The molecular formula is C15H21NO. The summed E-state index contributed by atoms with van der Waals surface area (Å²) >= 11 is 0. The smallest absolute Gasteiger partial charge is 0.165 e. The first-order valence-electron chi connectivity index (χ1n) is 6.63. The number of carbonyl (C=O) groups is 1. The highest BCUT2D eigenvalue weighted by atomic mass is 16.1. The van der Waals surface area contributed by atoms with Crippen LogP contribution in [0.25, 0.3) is 0 Å². The lowest BCUT2D eigenvalue weighted by molar-refractivity contribution is 0.0923. The van der Waals surface area contributed by atoms with Crippen molar-refractivity contribution in [2.45, 2.75) is 39.5 Å². The number of hydrogen-bond donors (Lipinski definition) is 1. The minimum atomic E-state index is 0.148. The number of hydrogen-bond acceptors (Lipinski definition) is 2. The van der Waals surface area contributed by atoms with Gasteiger partial charge in [-0.1, -0.05) is 20.3 Å². The first-order chi connectivity index (χ1) is 8.22. The lowest BCUT2D eigenvalue weighted by Gasteiger charge is -2.19. The summed E-state index contributed by atoms with van der Waals surface area (Å²) in [6, 6.07) is 6.10. The van der Waals surface area contributed by atoms with Gasteiger partial charge in [0.05, 0.1) is 0 Å². The van der Waals surface area contributed by atoms with Gasteiger partial charge in [-0.3, -0.25) is 4.79 Å². The molecule has 1 aliphatic heterocycles. The first-order valence-corrected chi connectivity index (χ1v) is 6.63. The van der Waals surface area contributed by atoms with Gasteiger partial charge >= 0.3 is 0 Å². The van der Waals surface area contributed by atoms with Gasteiger partial charge in [0.15, 0.2) is 5.78 Å². The summed E-state index contributed by atoms with van der Waals surface area (Å²) in [6.45, 7) is 5.20. The summed E-state index contributed by atoms with van der Waals surface area (Å²) in [4.78, 5) is 12.2. The Labute approximate surface area is 103 Å². The predicted octanol–water partition coefficient (Wildman–Crippen LogP) is 3.66. The fourth-order valence-corrected chi connectivity index (χ4v) is 2.48. The highest BCUT2D eigenvalue weighted by Crippen LogP contribution is 2.24. The van der Waals surface area contributed by atoms with E-state index >= 15 is 0 Å². The Bertz CT molecular complexity index is 411. The molecule has 1 aromatic carbocycles. The second-order valence-electron chi connectivity index (χ2n) is 4.96. The number of Topliss-reactive ketones (excluding diaryl/α,β-unsaturated/α-hetero) is 1. The summed E-state index contributed by atoms with van der Waals surface area (Å²) in [5.41, 5.74) is 3.38. The molecule has 1 aromatic rings. The van der Waals surface area contributed by atoms with Gasteiger partial charge in [-0.05, 0) is 43.0 Å². The minimum absolute atomic E-state index is 0.148. The van der Waals surface area contributed by atoms with Crippen molar-refractivity contribution in [2.24, 2.45) is 5.92 Å². The van der Waals surface area contributed by atoms with Gasteiger partial charge in [-0.2, -0.15) is 0 Å². The quantitative estimate of drug-likeness (QED) is 0.801. The number of anilines is 1. The van der Waals surface area contributed by atoms with Crippen LogP contribution in [-0.2, 0) is 6.42 Å². The predicted molar refractivity (Wildman–Crippen MR) is 71.7 cm³/mol. The lowest BCUT2D eigenvalue weighted by atomic mass is 9.92. The van der Waals surface area contributed by atoms with E-state index in [-0.39, 0.29) is 5.92 Å². The average Bonchev–Trinajstić information content (AvgIpc) is 2.37. The minimum Gasteiger partial charge on any atom is -0.385 e. The van der Waals surface area contributed by atoms with Crippen LogP contribution >= 0.6 is 0 Å². The molecule has 0 amide bonds. The van der Waals surface area contributed by atoms with Crippen LogP contribution in [0.3, 0.4) is 0 Å². The molecule has 0 bridgehead atoms. The zero-order chi connectivity index (χ0) is 12.3. The fraction of sp³-hybridized carbons (Fsp3) is 0.533. The largest absolute Gasteiger partial charge is 0.385 e. The Balaban J connectivity index is 2.19. The molecule has 0 fully saturated rings. The third-order valence-corrected chi connectivity index (χ3v) is 3.50. The summed E-state index contributed by atoms with van der Waals surface area (Å²) < 4.78 is 0. The third kappa shape index (κ3) is 2.68. The van der Waals surface area contributed by atoms with Gasteiger partial charge in [0.1, 0.15) is 0 Å². The SMILES string of the molecule is CCCC(C)C(=O)c1ccc2c(c1)CCCN2. The van der Waals surface area contributed by atoms with Gasteiger partial charge < -0.3 is 5.32 Å². The molecule has 2 heteroatoms.